The molecule has 8 heteroatoms. The largest absolute Gasteiger partial charge is 0.464 e. The quantitative estimate of drug-likeness (QED) is 0.301. The molecule has 0 fully saturated rings. The lowest BCUT2D eigenvalue weighted by Gasteiger charge is -2.29. The molecule has 0 aliphatic heterocycles. The number of rotatable bonds is 8. The number of carbonyl (C=O) groups is 3. The third-order valence-electron chi connectivity index (χ3n) is 2.41. The summed E-state index contributed by atoms with van der Waals surface area (Å²) in [6.45, 7) is 6.05. The fourth-order valence-corrected chi connectivity index (χ4v) is 1.75. The molecule has 1 N–H and O–H groups in total. The molecule has 0 atom stereocenters. The van der Waals surface area contributed by atoms with Gasteiger partial charge in [-0.3, -0.25) is 4.79 Å². The SMILES string of the molecule is CCOC(=O)C(C/C(C)=N\OC)(NC(C)=O)C(=O)OCC. The maximum Gasteiger partial charge on any atom is 0.344 e. The minimum atomic E-state index is -1.97. The average Bonchev–Trinajstić information content (AvgIpc) is 2.38. The molecule has 0 saturated heterocycles. The van der Waals surface area contributed by atoms with Gasteiger partial charge in [0.15, 0.2) is 0 Å². The molecule has 0 aromatic rings. The highest BCUT2D eigenvalue weighted by molar-refractivity contribution is 6.11. The van der Waals surface area contributed by atoms with Crippen molar-refractivity contribution in [3.8, 4) is 0 Å². The highest BCUT2D eigenvalue weighted by Crippen LogP contribution is 2.18. The van der Waals surface area contributed by atoms with E-state index in [9.17, 15) is 14.4 Å². The lowest BCUT2D eigenvalue weighted by atomic mass is 9.92. The zero-order chi connectivity index (χ0) is 16.5. The first kappa shape index (κ1) is 18.9. The first-order valence-electron chi connectivity index (χ1n) is 6.53. The smallest absolute Gasteiger partial charge is 0.344 e. The van der Waals surface area contributed by atoms with E-state index in [0.29, 0.717) is 5.71 Å². The number of hydrogen-bond donors (Lipinski definition) is 1. The van der Waals surface area contributed by atoms with Crippen molar-refractivity contribution < 1.29 is 28.7 Å². The number of esters is 2. The van der Waals surface area contributed by atoms with Crippen molar-refractivity contribution in [2.75, 3.05) is 20.3 Å². The molecule has 0 aromatic heterocycles. The minimum Gasteiger partial charge on any atom is -0.464 e. The second-order valence-corrected chi connectivity index (χ2v) is 4.21. The first-order chi connectivity index (χ1) is 9.83. The van der Waals surface area contributed by atoms with Crippen molar-refractivity contribution in [1.82, 2.24) is 5.32 Å². The first-order valence-corrected chi connectivity index (χ1v) is 6.53. The predicted molar refractivity (Wildman–Crippen MR) is 74.5 cm³/mol. The van der Waals surface area contributed by atoms with Gasteiger partial charge in [0, 0.05) is 13.3 Å². The van der Waals surface area contributed by atoms with E-state index >= 15 is 0 Å². The summed E-state index contributed by atoms with van der Waals surface area (Å²) in [6.07, 6.45) is -0.210. The van der Waals surface area contributed by atoms with E-state index in [1.807, 2.05) is 0 Å². The molecule has 0 aliphatic carbocycles. The Balaban J connectivity index is 5.70. The molecule has 1 amide bonds. The fraction of sp³-hybridized carbons (Fsp3) is 0.692. The lowest BCUT2D eigenvalue weighted by Crippen LogP contribution is -2.62. The number of oxime groups is 1. The summed E-state index contributed by atoms with van der Waals surface area (Å²) in [5.41, 5.74) is -1.64. The molecule has 21 heavy (non-hydrogen) atoms. The van der Waals surface area contributed by atoms with Crippen molar-refractivity contribution in [2.45, 2.75) is 39.7 Å². The van der Waals surface area contributed by atoms with Crippen molar-refractivity contribution in [3.05, 3.63) is 0 Å². The van der Waals surface area contributed by atoms with E-state index in [-0.39, 0.29) is 19.6 Å². The summed E-state index contributed by atoms with van der Waals surface area (Å²) in [5, 5.41) is 5.98. The maximum atomic E-state index is 12.2. The number of nitrogens with zero attached hydrogens (tertiary/aromatic N) is 1. The number of hydrogen-bond acceptors (Lipinski definition) is 7. The van der Waals surface area contributed by atoms with E-state index in [2.05, 4.69) is 15.3 Å². The van der Waals surface area contributed by atoms with Crippen molar-refractivity contribution in [2.24, 2.45) is 5.16 Å². The van der Waals surface area contributed by atoms with Crippen LogP contribution in [0.4, 0.5) is 0 Å². The van der Waals surface area contributed by atoms with Gasteiger partial charge < -0.3 is 19.6 Å². The topological polar surface area (TPSA) is 103 Å². The Hall–Kier alpha value is -2.12. The van der Waals surface area contributed by atoms with Gasteiger partial charge in [0.2, 0.25) is 11.4 Å². The van der Waals surface area contributed by atoms with Crippen LogP contribution in [0.3, 0.4) is 0 Å². The molecular formula is C13H22N2O6. The Bertz CT molecular complexity index is 401. The van der Waals surface area contributed by atoms with Gasteiger partial charge in [0.05, 0.1) is 18.9 Å². The third-order valence-corrected chi connectivity index (χ3v) is 2.41. The van der Waals surface area contributed by atoms with Crippen molar-refractivity contribution in [3.63, 3.8) is 0 Å². The number of nitrogens with one attached hydrogen (secondary N) is 1. The van der Waals surface area contributed by atoms with E-state index in [1.54, 1.807) is 20.8 Å². The van der Waals surface area contributed by atoms with Gasteiger partial charge in [-0.15, -0.1) is 0 Å². The van der Waals surface area contributed by atoms with Gasteiger partial charge in [-0.1, -0.05) is 5.16 Å². The van der Waals surface area contributed by atoms with Crippen LogP contribution in [-0.4, -0.2) is 49.4 Å². The maximum absolute atomic E-state index is 12.2. The highest BCUT2D eigenvalue weighted by atomic mass is 16.6. The average molecular weight is 302 g/mol. The van der Waals surface area contributed by atoms with Gasteiger partial charge in [0.25, 0.3) is 0 Å². The molecule has 0 spiro atoms. The minimum absolute atomic E-state index is 0.0556. The Morgan fingerprint density at radius 3 is 1.86 bits per heavy atom. The summed E-state index contributed by atoms with van der Waals surface area (Å²) in [6, 6.07) is 0. The standard InChI is InChI=1S/C13H22N2O6/c1-6-20-11(17)13(14-10(4)16,12(18)21-7-2)8-9(3)15-19-5/h6-8H2,1-5H3,(H,14,16)/b15-9-. The molecule has 0 radical (unpaired) electrons. The Morgan fingerprint density at radius 2 is 1.52 bits per heavy atom. The van der Waals surface area contributed by atoms with Crippen molar-refractivity contribution >= 4 is 23.6 Å². The summed E-state index contributed by atoms with van der Waals surface area (Å²) in [4.78, 5) is 40.5. The third kappa shape index (κ3) is 5.41. The summed E-state index contributed by atoms with van der Waals surface area (Å²) in [5.74, 6) is -2.37. The van der Waals surface area contributed by atoms with E-state index in [0.717, 1.165) is 0 Å². The second kappa shape index (κ2) is 8.93. The van der Waals surface area contributed by atoms with Gasteiger partial charge in [-0.2, -0.15) is 0 Å². The Labute approximate surface area is 123 Å². The lowest BCUT2D eigenvalue weighted by molar-refractivity contribution is -0.167. The predicted octanol–water partition coefficient (Wildman–Crippen LogP) is 0.400. The molecule has 0 unspecified atom stereocenters. The normalized spacial score (nSPS) is 11.6. The number of ether oxygens (including phenoxy) is 2. The molecule has 0 aliphatic rings. The van der Waals surface area contributed by atoms with Crippen LogP contribution < -0.4 is 5.32 Å². The van der Waals surface area contributed by atoms with Crippen LogP contribution in [0, 0.1) is 0 Å². The summed E-state index contributed by atoms with van der Waals surface area (Å²) >= 11 is 0. The monoisotopic (exact) mass is 302 g/mol. The van der Waals surface area contributed by atoms with Gasteiger partial charge in [-0.25, -0.2) is 9.59 Å². The molecular weight excluding hydrogens is 280 g/mol. The van der Waals surface area contributed by atoms with Crippen LogP contribution in [0.5, 0.6) is 0 Å². The van der Waals surface area contributed by atoms with Crippen LogP contribution in [-0.2, 0) is 28.7 Å². The number of carbonyl (C=O) groups excluding carboxylic acids is 3. The van der Waals surface area contributed by atoms with E-state index < -0.39 is 23.4 Å². The van der Waals surface area contributed by atoms with Crippen LogP contribution >= 0.6 is 0 Å². The summed E-state index contributed by atoms with van der Waals surface area (Å²) in [7, 11) is 1.33. The Morgan fingerprint density at radius 1 is 1.05 bits per heavy atom. The molecule has 0 aromatic carbocycles. The van der Waals surface area contributed by atoms with Gasteiger partial charge in [-0.05, 0) is 20.8 Å². The van der Waals surface area contributed by atoms with Crippen LogP contribution in [0.2, 0.25) is 0 Å². The molecule has 0 bridgehead atoms. The molecule has 0 saturated carbocycles. The Kier molecular flexibility index (Phi) is 8.03. The highest BCUT2D eigenvalue weighted by Gasteiger charge is 2.50. The fourth-order valence-electron chi connectivity index (χ4n) is 1.75. The van der Waals surface area contributed by atoms with Gasteiger partial charge in [0.1, 0.15) is 7.11 Å². The zero-order valence-corrected chi connectivity index (χ0v) is 13.0. The van der Waals surface area contributed by atoms with Crippen LogP contribution in [0.25, 0.3) is 0 Å². The van der Waals surface area contributed by atoms with Crippen LogP contribution in [0.15, 0.2) is 5.16 Å². The van der Waals surface area contributed by atoms with Crippen molar-refractivity contribution in [1.29, 1.82) is 0 Å². The second-order valence-electron chi connectivity index (χ2n) is 4.21. The summed E-state index contributed by atoms with van der Waals surface area (Å²) < 4.78 is 9.81. The van der Waals surface area contributed by atoms with E-state index in [4.69, 9.17) is 9.47 Å². The molecule has 0 heterocycles. The van der Waals surface area contributed by atoms with Gasteiger partial charge >= 0.3 is 11.9 Å². The molecule has 0 rings (SSSR count). The number of amides is 1. The molecule has 120 valence electrons. The van der Waals surface area contributed by atoms with E-state index in [1.165, 1.54) is 14.0 Å². The van der Waals surface area contributed by atoms with Crippen LogP contribution in [0.1, 0.15) is 34.1 Å². The molecule has 8 nitrogen and oxygen atoms in total. The zero-order valence-electron chi connectivity index (χ0n) is 13.0.